The van der Waals surface area contributed by atoms with Gasteiger partial charge >= 0.3 is 0 Å². The average Bonchev–Trinajstić information content (AvgIpc) is 3.10. The standard InChI is InChI=1S/C28H37N3O6/c1-15(2)14-29-28(34)16(3)30-22-11-9-19-20(13-23(22)33)21(31-17(4)32)10-8-18-12-24(35-5)26(36-6)27(37-7)25(18)19/h9,11-13,15-16,21H,8,10,14H2,1-7H3,(H,29,34)(H,30,33)(H,31,32)/t16-,21-/m0/s1. The molecule has 0 heterocycles. The van der Waals surface area contributed by atoms with Gasteiger partial charge in [-0.15, -0.1) is 0 Å². The van der Waals surface area contributed by atoms with Crippen molar-refractivity contribution in [2.45, 2.75) is 52.6 Å². The van der Waals surface area contributed by atoms with Crippen LogP contribution in [0.25, 0.3) is 11.1 Å². The largest absolute Gasteiger partial charge is 0.493 e. The highest BCUT2D eigenvalue weighted by atomic mass is 16.5. The number of hydrogen-bond donors (Lipinski definition) is 3. The monoisotopic (exact) mass is 511 g/mol. The van der Waals surface area contributed by atoms with E-state index in [1.807, 2.05) is 26.0 Å². The molecular formula is C28H37N3O6. The highest BCUT2D eigenvalue weighted by molar-refractivity contribution is 5.85. The Hall–Kier alpha value is -3.75. The first-order valence-corrected chi connectivity index (χ1v) is 12.4. The molecule has 9 heteroatoms. The van der Waals surface area contributed by atoms with Gasteiger partial charge in [0.15, 0.2) is 11.5 Å². The molecule has 0 unspecified atom stereocenters. The summed E-state index contributed by atoms with van der Waals surface area (Å²) in [5.41, 5.74) is 3.09. The van der Waals surface area contributed by atoms with E-state index in [2.05, 4.69) is 16.0 Å². The van der Waals surface area contributed by atoms with E-state index in [-0.39, 0.29) is 22.9 Å². The maximum Gasteiger partial charge on any atom is 0.242 e. The predicted molar refractivity (Wildman–Crippen MR) is 144 cm³/mol. The first-order valence-electron chi connectivity index (χ1n) is 12.4. The number of aryl methyl sites for hydroxylation is 1. The molecule has 37 heavy (non-hydrogen) atoms. The molecule has 0 saturated carbocycles. The number of methoxy groups -OCH3 is 3. The molecule has 0 aliphatic heterocycles. The van der Waals surface area contributed by atoms with E-state index in [9.17, 15) is 14.4 Å². The van der Waals surface area contributed by atoms with Crippen LogP contribution in [0.5, 0.6) is 17.2 Å². The molecule has 2 amide bonds. The second kappa shape index (κ2) is 12.0. The fraction of sp³-hybridized carbons (Fsp3) is 0.464. The van der Waals surface area contributed by atoms with Crippen molar-refractivity contribution >= 4 is 17.5 Å². The van der Waals surface area contributed by atoms with Crippen molar-refractivity contribution in [2.24, 2.45) is 5.92 Å². The molecule has 0 aromatic heterocycles. The van der Waals surface area contributed by atoms with Crippen molar-refractivity contribution in [3.8, 4) is 28.4 Å². The van der Waals surface area contributed by atoms with Gasteiger partial charge in [-0.3, -0.25) is 14.4 Å². The summed E-state index contributed by atoms with van der Waals surface area (Å²) in [6, 6.07) is 5.91. The Bertz CT molecular complexity index is 1230. The molecule has 9 nitrogen and oxygen atoms in total. The van der Waals surface area contributed by atoms with Gasteiger partial charge in [0.2, 0.25) is 23.0 Å². The third kappa shape index (κ3) is 6.15. The van der Waals surface area contributed by atoms with Crippen LogP contribution in [0.4, 0.5) is 5.69 Å². The predicted octanol–water partition coefficient (Wildman–Crippen LogP) is 3.44. The molecule has 1 aliphatic carbocycles. The van der Waals surface area contributed by atoms with E-state index in [1.165, 1.54) is 13.0 Å². The summed E-state index contributed by atoms with van der Waals surface area (Å²) in [6.07, 6.45) is 1.18. The average molecular weight is 512 g/mol. The van der Waals surface area contributed by atoms with Gasteiger partial charge in [-0.05, 0) is 60.6 Å². The summed E-state index contributed by atoms with van der Waals surface area (Å²) in [5.74, 6) is 1.38. The zero-order valence-electron chi connectivity index (χ0n) is 22.6. The Kier molecular flexibility index (Phi) is 9.02. The summed E-state index contributed by atoms with van der Waals surface area (Å²) < 4.78 is 17.0. The van der Waals surface area contributed by atoms with E-state index in [0.717, 1.165) is 16.7 Å². The maximum atomic E-state index is 13.4. The van der Waals surface area contributed by atoms with E-state index in [0.29, 0.717) is 48.1 Å². The van der Waals surface area contributed by atoms with E-state index >= 15 is 0 Å². The topological polar surface area (TPSA) is 115 Å². The lowest BCUT2D eigenvalue weighted by Crippen LogP contribution is -2.39. The molecule has 0 bridgehead atoms. The Balaban J connectivity index is 2.19. The van der Waals surface area contributed by atoms with E-state index in [4.69, 9.17) is 14.2 Å². The minimum Gasteiger partial charge on any atom is -0.493 e. The Labute approximate surface area is 217 Å². The Morgan fingerprint density at radius 3 is 2.32 bits per heavy atom. The van der Waals surface area contributed by atoms with Crippen LogP contribution in [0.3, 0.4) is 0 Å². The van der Waals surface area contributed by atoms with Gasteiger partial charge in [-0.25, -0.2) is 0 Å². The summed E-state index contributed by atoms with van der Waals surface area (Å²) in [4.78, 5) is 38.0. The van der Waals surface area contributed by atoms with Crippen molar-refractivity contribution in [1.82, 2.24) is 10.6 Å². The van der Waals surface area contributed by atoms with Crippen LogP contribution >= 0.6 is 0 Å². The lowest BCUT2D eigenvalue weighted by Gasteiger charge is -2.19. The van der Waals surface area contributed by atoms with Gasteiger partial charge in [-0.2, -0.15) is 0 Å². The molecule has 0 saturated heterocycles. The zero-order valence-corrected chi connectivity index (χ0v) is 22.6. The lowest BCUT2D eigenvalue weighted by atomic mass is 9.95. The van der Waals surface area contributed by atoms with Crippen LogP contribution in [-0.4, -0.2) is 45.7 Å². The van der Waals surface area contributed by atoms with Gasteiger partial charge in [0.05, 0.1) is 33.1 Å². The number of nitrogens with one attached hydrogen (secondary N) is 3. The molecule has 0 radical (unpaired) electrons. The van der Waals surface area contributed by atoms with E-state index < -0.39 is 12.1 Å². The van der Waals surface area contributed by atoms with Gasteiger partial charge in [0.25, 0.3) is 0 Å². The number of rotatable bonds is 9. The fourth-order valence-corrected chi connectivity index (χ4v) is 4.58. The second-order valence-electron chi connectivity index (χ2n) is 9.60. The number of carbonyl (C=O) groups excluding carboxylic acids is 2. The molecule has 0 spiro atoms. The van der Waals surface area contributed by atoms with Crippen LogP contribution in [0.2, 0.25) is 0 Å². The zero-order chi connectivity index (χ0) is 27.3. The first kappa shape index (κ1) is 27.8. The van der Waals surface area contributed by atoms with Gasteiger partial charge in [-0.1, -0.05) is 19.9 Å². The number of ether oxygens (including phenoxy) is 3. The Morgan fingerprint density at radius 2 is 1.73 bits per heavy atom. The van der Waals surface area contributed by atoms with Crippen molar-refractivity contribution in [2.75, 3.05) is 33.2 Å². The number of amides is 2. The smallest absolute Gasteiger partial charge is 0.242 e. The summed E-state index contributed by atoms with van der Waals surface area (Å²) in [5, 5.41) is 8.92. The number of hydrogen-bond acceptors (Lipinski definition) is 7. The molecular weight excluding hydrogens is 474 g/mol. The quantitative estimate of drug-likeness (QED) is 0.472. The van der Waals surface area contributed by atoms with Crippen LogP contribution in [0, 0.1) is 5.92 Å². The molecule has 3 N–H and O–H groups in total. The number of fused-ring (bicyclic) bond motifs is 3. The van der Waals surface area contributed by atoms with Gasteiger partial charge in [0.1, 0.15) is 6.04 Å². The molecule has 2 atom stereocenters. The summed E-state index contributed by atoms with van der Waals surface area (Å²) >= 11 is 0. The molecule has 2 aromatic rings. The molecule has 200 valence electrons. The molecule has 2 aromatic carbocycles. The fourth-order valence-electron chi connectivity index (χ4n) is 4.58. The van der Waals surface area contributed by atoms with Gasteiger partial charge in [0, 0.05) is 19.0 Å². The van der Waals surface area contributed by atoms with Gasteiger partial charge < -0.3 is 30.2 Å². The van der Waals surface area contributed by atoms with Crippen molar-refractivity contribution in [3.63, 3.8) is 0 Å². The molecule has 3 rings (SSSR count). The van der Waals surface area contributed by atoms with Crippen molar-refractivity contribution < 1.29 is 23.8 Å². The van der Waals surface area contributed by atoms with Crippen molar-refractivity contribution in [3.05, 3.63) is 45.6 Å². The third-order valence-corrected chi connectivity index (χ3v) is 6.37. The highest BCUT2D eigenvalue weighted by Gasteiger charge is 2.29. The number of carbonyl (C=O) groups is 2. The molecule has 0 fully saturated rings. The lowest BCUT2D eigenvalue weighted by molar-refractivity contribution is -0.121. The van der Waals surface area contributed by atoms with Crippen molar-refractivity contribution in [1.29, 1.82) is 0 Å². The highest BCUT2D eigenvalue weighted by Crippen LogP contribution is 2.50. The van der Waals surface area contributed by atoms with Crippen LogP contribution < -0.4 is 35.6 Å². The number of anilines is 1. The summed E-state index contributed by atoms with van der Waals surface area (Å²) in [6.45, 7) is 7.74. The minimum atomic E-state index is -0.619. The second-order valence-corrected chi connectivity index (χ2v) is 9.60. The Morgan fingerprint density at radius 1 is 1.03 bits per heavy atom. The minimum absolute atomic E-state index is 0.193. The third-order valence-electron chi connectivity index (χ3n) is 6.37. The SMILES string of the molecule is COc1cc2c(c(OC)c1OC)-c1ccc(N[C@@H](C)C(=O)NCC(C)C)c(=O)cc1[C@@H](NC(C)=O)CC2. The molecule has 1 aliphatic rings. The number of benzene rings is 1. The normalized spacial score (nSPS) is 15.0. The van der Waals surface area contributed by atoms with E-state index in [1.54, 1.807) is 34.3 Å². The first-order chi connectivity index (χ1) is 17.6. The van der Waals surface area contributed by atoms with Crippen LogP contribution in [0.1, 0.15) is 51.3 Å². The van der Waals surface area contributed by atoms with Crippen LogP contribution in [-0.2, 0) is 16.0 Å². The maximum absolute atomic E-state index is 13.4. The summed E-state index contributed by atoms with van der Waals surface area (Å²) in [7, 11) is 4.66. The van der Waals surface area contributed by atoms with Crippen LogP contribution in [0.15, 0.2) is 29.1 Å².